The van der Waals surface area contributed by atoms with Gasteiger partial charge in [0.25, 0.3) is 5.91 Å². The first-order valence-corrected chi connectivity index (χ1v) is 6.93. The fraction of sp³-hybridized carbons (Fsp3) is 0.214. The number of hydrogen-bond donors (Lipinski definition) is 2. The first-order valence-electron chi connectivity index (χ1n) is 6.05. The number of aliphatic hydroxyl groups is 1. The Balaban J connectivity index is 2.00. The third-order valence-corrected chi connectivity index (χ3v) is 3.67. The lowest BCUT2D eigenvalue weighted by molar-refractivity contribution is -0.137. The average Bonchev–Trinajstić information content (AvgIpc) is 2.98. The lowest BCUT2D eigenvalue weighted by Crippen LogP contribution is -2.27. The molecule has 7 heteroatoms. The predicted octanol–water partition coefficient (Wildman–Crippen LogP) is 3.23. The van der Waals surface area contributed by atoms with Crippen LogP contribution in [0.4, 0.5) is 13.2 Å². The zero-order chi connectivity index (χ0) is 15.5. The monoisotopic (exact) mass is 315 g/mol. The van der Waals surface area contributed by atoms with Crippen molar-refractivity contribution >= 4 is 17.2 Å². The van der Waals surface area contributed by atoms with Crippen LogP contribution in [0.25, 0.3) is 0 Å². The summed E-state index contributed by atoms with van der Waals surface area (Å²) in [7, 11) is 0. The molecule has 0 bridgehead atoms. The van der Waals surface area contributed by atoms with Crippen molar-refractivity contribution in [3.05, 3.63) is 57.8 Å². The zero-order valence-electron chi connectivity index (χ0n) is 10.7. The first kappa shape index (κ1) is 15.5. The standard InChI is InChI=1S/C14H12F3NO2S/c15-14(16,17)10-4-1-3-9(7-10)11(19)8-18-13(20)12-5-2-6-21-12/h1-7,11,19H,8H2,(H,18,20). The number of amides is 1. The summed E-state index contributed by atoms with van der Waals surface area (Å²) in [5, 5.41) is 14.1. The van der Waals surface area contributed by atoms with Gasteiger partial charge in [0.2, 0.25) is 0 Å². The summed E-state index contributed by atoms with van der Waals surface area (Å²) in [6, 6.07) is 7.75. The molecule has 21 heavy (non-hydrogen) atoms. The molecule has 1 heterocycles. The maximum Gasteiger partial charge on any atom is 0.416 e. The highest BCUT2D eigenvalue weighted by molar-refractivity contribution is 7.12. The number of alkyl halides is 3. The summed E-state index contributed by atoms with van der Waals surface area (Å²) < 4.78 is 37.7. The van der Waals surface area contributed by atoms with Gasteiger partial charge in [-0.3, -0.25) is 4.79 Å². The van der Waals surface area contributed by atoms with E-state index in [1.807, 2.05) is 0 Å². The SMILES string of the molecule is O=C(NCC(O)c1cccc(C(F)(F)F)c1)c1cccs1. The summed E-state index contributed by atoms with van der Waals surface area (Å²) >= 11 is 1.24. The van der Waals surface area contributed by atoms with Gasteiger partial charge in [0.05, 0.1) is 16.5 Å². The van der Waals surface area contributed by atoms with Gasteiger partial charge in [-0.15, -0.1) is 11.3 Å². The number of rotatable bonds is 4. The molecule has 1 aromatic carbocycles. The van der Waals surface area contributed by atoms with Crippen LogP contribution in [-0.4, -0.2) is 17.6 Å². The Labute approximate surface area is 123 Å². The zero-order valence-corrected chi connectivity index (χ0v) is 11.5. The largest absolute Gasteiger partial charge is 0.416 e. The van der Waals surface area contributed by atoms with Crippen molar-refractivity contribution in [2.24, 2.45) is 0 Å². The smallest absolute Gasteiger partial charge is 0.387 e. The Bertz CT molecular complexity index is 611. The molecule has 1 amide bonds. The van der Waals surface area contributed by atoms with Gasteiger partial charge in [-0.25, -0.2) is 0 Å². The van der Waals surface area contributed by atoms with Gasteiger partial charge in [0.15, 0.2) is 0 Å². The van der Waals surface area contributed by atoms with Crippen LogP contribution in [-0.2, 0) is 6.18 Å². The number of carbonyl (C=O) groups excluding carboxylic acids is 1. The normalized spacial score (nSPS) is 13.0. The van der Waals surface area contributed by atoms with E-state index in [9.17, 15) is 23.1 Å². The van der Waals surface area contributed by atoms with E-state index in [0.29, 0.717) is 4.88 Å². The maximum absolute atomic E-state index is 12.6. The van der Waals surface area contributed by atoms with Crippen LogP contribution in [0.5, 0.6) is 0 Å². The van der Waals surface area contributed by atoms with Crippen molar-refractivity contribution in [1.82, 2.24) is 5.32 Å². The minimum absolute atomic E-state index is 0.108. The van der Waals surface area contributed by atoms with Crippen LogP contribution in [0.1, 0.15) is 26.9 Å². The van der Waals surface area contributed by atoms with Gasteiger partial charge < -0.3 is 10.4 Å². The molecular formula is C14H12F3NO2S. The summed E-state index contributed by atoms with van der Waals surface area (Å²) in [6.07, 6.45) is -5.66. The Morgan fingerprint density at radius 2 is 2.05 bits per heavy atom. The number of hydrogen-bond acceptors (Lipinski definition) is 3. The van der Waals surface area contributed by atoms with Crippen LogP contribution >= 0.6 is 11.3 Å². The van der Waals surface area contributed by atoms with E-state index in [1.165, 1.54) is 23.5 Å². The summed E-state index contributed by atoms with van der Waals surface area (Å²) in [6.45, 7) is -0.155. The van der Waals surface area contributed by atoms with Crippen molar-refractivity contribution in [2.75, 3.05) is 6.54 Å². The van der Waals surface area contributed by atoms with E-state index in [-0.39, 0.29) is 18.0 Å². The van der Waals surface area contributed by atoms with Gasteiger partial charge in [-0.05, 0) is 29.1 Å². The molecule has 2 N–H and O–H groups in total. The molecule has 1 atom stereocenters. The van der Waals surface area contributed by atoms with E-state index < -0.39 is 17.8 Å². The van der Waals surface area contributed by atoms with E-state index in [1.54, 1.807) is 17.5 Å². The lowest BCUT2D eigenvalue weighted by atomic mass is 10.1. The molecule has 0 fully saturated rings. The van der Waals surface area contributed by atoms with Gasteiger partial charge in [0, 0.05) is 6.54 Å². The number of benzene rings is 1. The fourth-order valence-electron chi connectivity index (χ4n) is 1.72. The molecule has 3 nitrogen and oxygen atoms in total. The molecule has 2 aromatic rings. The molecule has 1 unspecified atom stereocenters. The van der Waals surface area contributed by atoms with Crippen LogP contribution in [0, 0.1) is 0 Å². The minimum atomic E-state index is -4.46. The number of thiophene rings is 1. The van der Waals surface area contributed by atoms with Crippen LogP contribution in [0.3, 0.4) is 0 Å². The third-order valence-electron chi connectivity index (χ3n) is 2.80. The highest BCUT2D eigenvalue weighted by Gasteiger charge is 2.30. The molecular weight excluding hydrogens is 303 g/mol. The third kappa shape index (κ3) is 4.05. The van der Waals surface area contributed by atoms with E-state index in [0.717, 1.165) is 12.1 Å². The van der Waals surface area contributed by atoms with E-state index >= 15 is 0 Å². The quantitative estimate of drug-likeness (QED) is 0.910. The van der Waals surface area contributed by atoms with Crippen LogP contribution in [0.15, 0.2) is 41.8 Å². The van der Waals surface area contributed by atoms with Crippen molar-refractivity contribution in [2.45, 2.75) is 12.3 Å². The Kier molecular flexibility index (Phi) is 4.64. The molecule has 2 rings (SSSR count). The second-order valence-electron chi connectivity index (χ2n) is 4.33. The molecule has 0 aliphatic heterocycles. The Morgan fingerprint density at radius 1 is 1.29 bits per heavy atom. The molecule has 0 saturated heterocycles. The molecule has 0 aliphatic rings. The lowest BCUT2D eigenvalue weighted by Gasteiger charge is -2.14. The van der Waals surface area contributed by atoms with Crippen molar-refractivity contribution < 1.29 is 23.1 Å². The highest BCUT2D eigenvalue weighted by Crippen LogP contribution is 2.30. The maximum atomic E-state index is 12.6. The van der Waals surface area contributed by atoms with Crippen LogP contribution in [0.2, 0.25) is 0 Å². The summed E-state index contributed by atoms with van der Waals surface area (Å²) in [5.41, 5.74) is -0.722. The molecule has 0 aliphatic carbocycles. The molecule has 1 aromatic heterocycles. The second-order valence-corrected chi connectivity index (χ2v) is 5.27. The molecule has 0 spiro atoms. The molecule has 0 radical (unpaired) electrons. The van der Waals surface area contributed by atoms with Gasteiger partial charge >= 0.3 is 6.18 Å². The van der Waals surface area contributed by atoms with Crippen molar-refractivity contribution in [3.8, 4) is 0 Å². The topological polar surface area (TPSA) is 49.3 Å². The van der Waals surface area contributed by atoms with E-state index in [2.05, 4.69) is 5.32 Å². The summed E-state index contributed by atoms with van der Waals surface area (Å²) in [5.74, 6) is -0.365. The first-order chi connectivity index (χ1) is 9.88. The average molecular weight is 315 g/mol. The Hall–Kier alpha value is -1.86. The number of aliphatic hydroxyl groups excluding tert-OH is 1. The summed E-state index contributed by atoms with van der Waals surface area (Å²) in [4.78, 5) is 12.2. The number of halogens is 3. The van der Waals surface area contributed by atoms with Gasteiger partial charge in [0.1, 0.15) is 0 Å². The molecule has 112 valence electrons. The van der Waals surface area contributed by atoms with Gasteiger partial charge in [-0.2, -0.15) is 13.2 Å². The van der Waals surface area contributed by atoms with Crippen molar-refractivity contribution in [1.29, 1.82) is 0 Å². The predicted molar refractivity (Wildman–Crippen MR) is 73.1 cm³/mol. The fourth-order valence-corrected chi connectivity index (χ4v) is 2.36. The van der Waals surface area contributed by atoms with Gasteiger partial charge in [-0.1, -0.05) is 18.2 Å². The van der Waals surface area contributed by atoms with E-state index in [4.69, 9.17) is 0 Å². The Morgan fingerprint density at radius 3 is 2.67 bits per heavy atom. The number of nitrogens with one attached hydrogen (secondary N) is 1. The van der Waals surface area contributed by atoms with Crippen molar-refractivity contribution in [3.63, 3.8) is 0 Å². The minimum Gasteiger partial charge on any atom is -0.387 e. The highest BCUT2D eigenvalue weighted by atomic mass is 32.1. The van der Waals surface area contributed by atoms with Crippen LogP contribution < -0.4 is 5.32 Å². The second kappa shape index (κ2) is 6.28. The molecule has 0 saturated carbocycles. The number of carbonyl (C=O) groups is 1.